The molecule has 2 aromatic carbocycles. The van der Waals surface area contributed by atoms with Crippen LogP contribution in [-0.4, -0.2) is 25.1 Å². The van der Waals surface area contributed by atoms with Crippen molar-refractivity contribution in [2.45, 2.75) is 20.3 Å². The summed E-state index contributed by atoms with van der Waals surface area (Å²) in [4.78, 5) is 16.0. The Labute approximate surface area is 157 Å². The van der Waals surface area contributed by atoms with Crippen LogP contribution in [0.25, 0.3) is 10.9 Å². The van der Waals surface area contributed by atoms with E-state index in [0.29, 0.717) is 22.2 Å². The van der Waals surface area contributed by atoms with Gasteiger partial charge in [-0.1, -0.05) is 23.2 Å². The molecule has 5 nitrogen and oxygen atoms in total. The summed E-state index contributed by atoms with van der Waals surface area (Å²) < 4.78 is 10.5. The lowest BCUT2D eigenvalue weighted by Gasteiger charge is -2.13. The maximum atomic E-state index is 12.7. The molecule has 3 aromatic rings. The minimum absolute atomic E-state index is 0.141. The Hall–Kier alpha value is -2.66. The summed E-state index contributed by atoms with van der Waals surface area (Å²) in [5.74, 6) is 0.815. The van der Waals surface area contributed by atoms with Crippen LogP contribution >= 0.6 is 11.6 Å². The summed E-state index contributed by atoms with van der Waals surface area (Å²) in [7, 11) is 3.05. The molecule has 1 aromatic heterocycles. The van der Waals surface area contributed by atoms with E-state index in [4.69, 9.17) is 21.1 Å². The minimum Gasteiger partial charge on any atom is -0.495 e. The fourth-order valence-electron chi connectivity index (χ4n) is 3.04. The van der Waals surface area contributed by atoms with E-state index in [1.54, 1.807) is 12.1 Å². The number of benzene rings is 2. The molecule has 0 aliphatic carbocycles. The number of hydrogen-bond acceptors (Lipinski definition) is 3. The number of carbonyl (C=O) groups is 1. The molecule has 0 saturated carbocycles. The van der Waals surface area contributed by atoms with Gasteiger partial charge in [-0.25, -0.2) is 0 Å². The first-order valence-corrected chi connectivity index (χ1v) is 8.60. The van der Waals surface area contributed by atoms with Gasteiger partial charge in [0.05, 0.1) is 31.4 Å². The van der Waals surface area contributed by atoms with E-state index in [2.05, 4.69) is 16.4 Å². The molecule has 0 aliphatic rings. The first-order valence-electron chi connectivity index (χ1n) is 8.22. The number of fused-ring (bicyclic) bond motifs is 1. The molecule has 0 bridgehead atoms. The third kappa shape index (κ3) is 3.48. The largest absolute Gasteiger partial charge is 0.495 e. The van der Waals surface area contributed by atoms with Crippen LogP contribution in [0.5, 0.6) is 11.5 Å². The van der Waals surface area contributed by atoms with Crippen molar-refractivity contribution >= 4 is 34.1 Å². The van der Waals surface area contributed by atoms with Crippen LogP contribution in [0.1, 0.15) is 16.8 Å². The van der Waals surface area contributed by atoms with Crippen LogP contribution in [0.4, 0.5) is 5.69 Å². The van der Waals surface area contributed by atoms with Gasteiger partial charge in [-0.15, -0.1) is 0 Å². The monoisotopic (exact) mass is 372 g/mol. The quantitative estimate of drug-likeness (QED) is 0.686. The Kier molecular flexibility index (Phi) is 5.09. The van der Waals surface area contributed by atoms with Crippen LogP contribution in [0, 0.1) is 13.8 Å². The second kappa shape index (κ2) is 7.30. The number of nitrogens with one attached hydrogen (secondary N) is 2. The molecule has 0 radical (unpaired) electrons. The van der Waals surface area contributed by atoms with Gasteiger partial charge in [-0.05, 0) is 31.5 Å². The molecule has 6 heteroatoms. The summed E-state index contributed by atoms with van der Waals surface area (Å²) >= 11 is 6.11. The SMILES string of the molecule is COc1cc(NC(=O)Cc2c(C)[nH]c3ccc(C)cc23)c(OC)cc1Cl. The summed E-state index contributed by atoms with van der Waals surface area (Å²) in [5.41, 5.74) is 4.68. The van der Waals surface area contributed by atoms with Crippen molar-refractivity contribution in [3.63, 3.8) is 0 Å². The molecule has 2 N–H and O–H groups in total. The first kappa shape index (κ1) is 18.1. The lowest BCUT2D eigenvalue weighted by Crippen LogP contribution is -2.15. The highest BCUT2D eigenvalue weighted by atomic mass is 35.5. The van der Waals surface area contributed by atoms with Gasteiger partial charge in [0.2, 0.25) is 5.91 Å². The number of H-pyrrole nitrogens is 1. The van der Waals surface area contributed by atoms with E-state index in [1.807, 2.05) is 26.0 Å². The number of anilines is 1. The lowest BCUT2D eigenvalue weighted by molar-refractivity contribution is -0.115. The van der Waals surface area contributed by atoms with Crippen molar-refractivity contribution in [2.75, 3.05) is 19.5 Å². The Morgan fingerprint density at radius 2 is 1.85 bits per heavy atom. The van der Waals surface area contributed by atoms with E-state index in [0.717, 1.165) is 27.7 Å². The molecular formula is C20H21ClN2O3. The van der Waals surface area contributed by atoms with Gasteiger partial charge in [0, 0.05) is 28.7 Å². The van der Waals surface area contributed by atoms with Gasteiger partial charge >= 0.3 is 0 Å². The molecule has 1 heterocycles. The third-order valence-electron chi connectivity index (χ3n) is 4.36. The normalized spacial score (nSPS) is 10.8. The zero-order valence-corrected chi connectivity index (χ0v) is 16.0. The van der Waals surface area contributed by atoms with Gasteiger partial charge in [0.25, 0.3) is 0 Å². The van der Waals surface area contributed by atoms with Gasteiger partial charge in [-0.2, -0.15) is 0 Å². The average molecular weight is 373 g/mol. The Morgan fingerprint density at radius 1 is 1.12 bits per heavy atom. The van der Waals surface area contributed by atoms with Crippen molar-refractivity contribution in [3.05, 3.63) is 52.2 Å². The molecule has 0 unspecified atom stereocenters. The van der Waals surface area contributed by atoms with Gasteiger partial charge in [0.1, 0.15) is 11.5 Å². The molecule has 136 valence electrons. The maximum absolute atomic E-state index is 12.7. The first-order chi connectivity index (χ1) is 12.4. The highest BCUT2D eigenvalue weighted by molar-refractivity contribution is 6.32. The number of ether oxygens (including phenoxy) is 2. The lowest BCUT2D eigenvalue weighted by atomic mass is 10.1. The van der Waals surface area contributed by atoms with Crippen LogP contribution < -0.4 is 14.8 Å². The molecule has 3 rings (SSSR count). The topological polar surface area (TPSA) is 63.3 Å². The fourth-order valence-corrected chi connectivity index (χ4v) is 3.27. The number of hydrogen-bond donors (Lipinski definition) is 2. The Bertz CT molecular complexity index is 979. The van der Waals surface area contributed by atoms with E-state index in [1.165, 1.54) is 14.2 Å². The van der Waals surface area contributed by atoms with Crippen molar-refractivity contribution in [1.82, 2.24) is 4.98 Å². The van der Waals surface area contributed by atoms with Crippen LogP contribution in [0.2, 0.25) is 5.02 Å². The summed E-state index contributed by atoms with van der Waals surface area (Å²) in [6.45, 7) is 4.01. The number of amides is 1. The molecule has 1 amide bonds. The zero-order chi connectivity index (χ0) is 18.8. The molecule has 0 atom stereocenters. The Morgan fingerprint density at radius 3 is 2.54 bits per heavy atom. The highest BCUT2D eigenvalue weighted by Crippen LogP contribution is 2.36. The average Bonchev–Trinajstić information content (AvgIpc) is 2.91. The smallest absolute Gasteiger partial charge is 0.228 e. The van der Waals surface area contributed by atoms with Gasteiger partial charge in [0.15, 0.2) is 0 Å². The molecule has 0 saturated heterocycles. The van der Waals surface area contributed by atoms with E-state index >= 15 is 0 Å². The third-order valence-corrected chi connectivity index (χ3v) is 4.66. The van der Waals surface area contributed by atoms with Crippen molar-refractivity contribution in [1.29, 1.82) is 0 Å². The maximum Gasteiger partial charge on any atom is 0.228 e. The zero-order valence-electron chi connectivity index (χ0n) is 15.2. The standard InChI is InChI=1S/C20H21ClN2O3/c1-11-5-6-16-14(7-11)13(12(2)22-16)8-20(24)23-17-10-18(25-3)15(21)9-19(17)26-4/h5-7,9-10,22H,8H2,1-4H3,(H,23,24). The number of aromatic nitrogens is 1. The number of aryl methyl sites for hydroxylation is 2. The summed E-state index contributed by atoms with van der Waals surface area (Å²) in [6, 6.07) is 9.45. The highest BCUT2D eigenvalue weighted by Gasteiger charge is 2.16. The molecule has 0 fully saturated rings. The van der Waals surface area contributed by atoms with E-state index in [9.17, 15) is 4.79 Å². The Balaban J connectivity index is 1.88. The fraction of sp³-hybridized carbons (Fsp3) is 0.250. The van der Waals surface area contributed by atoms with Crippen molar-refractivity contribution in [2.24, 2.45) is 0 Å². The van der Waals surface area contributed by atoms with Crippen molar-refractivity contribution < 1.29 is 14.3 Å². The molecule has 26 heavy (non-hydrogen) atoms. The number of carbonyl (C=O) groups excluding carboxylic acids is 1. The van der Waals surface area contributed by atoms with E-state index < -0.39 is 0 Å². The van der Waals surface area contributed by atoms with Gasteiger partial charge < -0.3 is 19.8 Å². The number of aromatic amines is 1. The van der Waals surface area contributed by atoms with Crippen LogP contribution in [0.3, 0.4) is 0 Å². The van der Waals surface area contributed by atoms with E-state index in [-0.39, 0.29) is 12.3 Å². The molecule has 0 spiro atoms. The predicted molar refractivity (Wildman–Crippen MR) is 105 cm³/mol. The van der Waals surface area contributed by atoms with Crippen LogP contribution in [0.15, 0.2) is 30.3 Å². The second-order valence-electron chi connectivity index (χ2n) is 6.19. The molecular weight excluding hydrogens is 352 g/mol. The van der Waals surface area contributed by atoms with Crippen molar-refractivity contribution in [3.8, 4) is 11.5 Å². The van der Waals surface area contributed by atoms with Crippen LogP contribution in [-0.2, 0) is 11.2 Å². The number of rotatable bonds is 5. The minimum atomic E-state index is -0.141. The predicted octanol–water partition coefficient (Wildman–Crippen LogP) is 4.64. The second-order valence-corrected chi connectivity index (χ2v) is 6.60. The summed E-state index contributed by atoms with van der Waals surface area (Å²) in [6.07, 6.45) is 0.253. The number of halogens is 1. The number of methoxy groups -OCH3 is 2. The summed E-state index contributed by atoms with van der Waals surface area (Å²) in [5, 5.41) is 4.38. The molecule has 0 aliphatic heterocycles. The van der Waals surface area contributed by atoms with Gasteiger partial charge in [-0.3, -0.25) is 4.79 Å².